The lowest BCUT2D eigenvalue weighted by molar-refractivity contribution is -0.123. The molecule has 0 fully saturated rings. The second-order valence-electron chi connectivity index (χ2n) is 4.26. The predicted molar refractivity (Wildman–Crippen MR) is 74.8 cm³/mol. The van der Waals surface area contributed by atoms with Gasteiger partial charge in [0.1, 0.15) is 11.5 Å². The predicted octanol–water partition coefficient (Wildman–Crippen LogP) is 2.64. The summed E-state index contributed by atoms with van der Waals surface area (Å²) in [5, 5.41) is 3.33. The molecule has 1 amide bonds. The molecule has 2 rings (SSSR count). The number of rotatable bonds is 5. The highest BCUT2D eigenvalue weighted by atomic mass is 35.5. The summed E-state index contributed by atoms with van der Waals surface area (Å²) in [4.78, 5) is 15.8. The van der Waals surface area contributed by atoms with E-state index >= 15 is 0 Å². The first-order valence-corrected chi connectivity index (χ1v) is 6.50. The van der Waals surface area contributed by atoms with E-state index in [1.807, 2.05) is 6.92 Å². The Morgan fingerprint density at radius 2 is 2.05 bits per heavy atom. The molecule has 5 nitrogen and oxygen atoms in total. The van der Waals surface area contributed by atoms with E-state index in [1.54, 1.807) is 31.2 Å². The van der Waals surface area contributed by atoms with Crippen molar-refractivity contribution in [2.75, 3.05) is 6.61 Å². The van der Waals surface area contributed by atoms with Gasteiger partial charge in [-0.1, -0.05) is 11.6 Å². The van der Waals surface area contributed by atoms with Crippen molar-refractivity contribution < 1.29 is 13.9 Å². The van der Waals surface area contributed by atoms with Crippen LogP contribution in [-0.4, -0.2) is 17.5 Å². The first-order valence-electron chi connectivity index (χ1n) is 6.12. The van der Waals surface area contributed by atoms with Crippen LogP contribution in [0.5, 0.6) is 5.75 Å². The minimum absolute atomic E-state index is 0.0617. The molecular weight excluding hydrogens is 280 g/mol. The zero-order valence-electron chi connectivity index (χ0n) is 11.3. The smallest absolute Gasteiger partial charge is 0.258 e. The number of carbonyl (C=O) groups is 1. The molecule has 0 radical (unpaired) electrons. The van der Waals surface area contributed by atoms with Gasteiger partial charge >= 0.3 is 0 Å². The normalized spacial score (nSPS) is 10.3. The van der Waals surface area contributed by atoms with Crippen molar-refractivity contribution >= 4 is 17.5 Å². The molecular formula is C14H15ClN2O3. The molecule has 0 aliphatic rings. The number of halogens is 1. The highest BCUT2D eigenvalue weighted by molar-refractivity contribution is 6.30. The zero-order chi connectivity index (χ0) is 14.5. The quantitative estimate of drug-likeness (QED) is 0.921. The van der Waals surface area contributed by atoms with Crippen molar-refractivity contribution in [1.29, 1.82) is 0 Å². The summed E-state index contributed by atoms with van der Waals surface area (Å²) in [6.45, 7) is 3.84. The van der Waals surface area contributed by atoms with Crippen LogP contribution in [0.4, 0.5) is 0 Å². The van der Waals surface area contributed by atoms with Crippen molar-refractivity contribution in [2.45, 2.75) is 20.4 Å². The number of ether oxygens (including phenoxy) is 1. The number of amides is 1. The monoisotopic (exact) mass is 294 g/mol. The van der Waals surface area contributed by atoms with Gasteiger partial charge in [0.05, 0.1) is 12.2 Å². The summed E-state index contributed by atoms with van der Waals surface area (Å²) in [6.07, 6.45) is 0. The van der Waals surface area contributed by atoms with Gasteiger partial charge in [-0.25, -0.2) is 4.98 Å². The third kappa shape index (κ3) is 3.99. The van der Waals surface area contributed by atoms with Gasteiger partial charge in [0.15, 0.2) is 12.5 Å². The van der Waals surface area contributed by atoms with Crippen LogP contribution in [0.15, 0.2) is 28.7 Å². The Morgan fingerprint density at radius 1 is 1.35 bits per heavy atom. The molecule has 2 aromatic rings. The highest BCUT2D eigenvalue weighted by Crippen LogP contribution is 2.15. The number of hydrogen-bond acceptors (Lipinski definition) is 4. The van der Waals surface area contributed by atoms with Gasteiger partial charge in [-0.2, -0.15) is 0 Å². The summed E-state index contributed by atoms with van der Waals surface area (Å²) in [7, 11) is 0. The zero-order valence-corrected chi connectivity index (χ0v) is 12.0. The van der Waals surface area contributed by atoms with E-state index < -0.39 is 0 Å². The Labute approximate surface area is 121 Å². The molecule has 1 aromatic carbocycles. The lowest BCUT2D eigenvalue weighted by atomic mass is 10.3. The van der Waals surface area contributed by atoms with E-state index in [-0.39, 0.29) is 12.5 Å². The molecule has 0 aliphatic heterocycles. The van der Waals surface area contributed by atoms with E-state index in [1.165, 1.54) is 0 Å². The maximum Gasteiger partial charge on any atom is 0.258 e. The Bertz CT molecular complexity index is 593. The fourth-order valence-corrected chi connectivity index (χ4v) is 1.77. The molecule has 0 spiro atoms. The SMILES string of the molecule is Cc1nc(C)c(CNC(=O)COc2ccc(Cl)cc2)o1. The molecule has 1 aromatic heterocycles. The molecule has 106 valence electrons. The van der Waals surface area contributed by atoms with Crippen LogP contribution in [0.25, 0.3) is 0 Å². The number of aryl methyl sites for hydroxylation is 2. The number of oxazole rings is 1. The van der Waals surface area contributed by atoms with Crippen molar-refractivity contribution in [3.63, 3.8) is 0 Å². The van der Waals surface area contributed by atoms with Crippen molar-refractivity contribution in [3.8, 4) is 5.75 Å². The number of benzene rings is 1. The average molecular weight is 295 g/mol. The number of aromatic nitrogens is 1. The Balaban J connectivity index is 1.78. The Hall–Kier alpha value is -2.01. The van der Waals surface area contributed by atoms with Crippen LogP contribution in [-0.2, 0) is 11.3 Å². The second kappa shape index (κ2) is 6.43. The lowest BCUT2D eigenvalue weighted by Crippen LogP contribution is -2.28. The molecule has 6 heteroatoms. The van der Waals surface area contributed by atoms with Gasteiger partial charge in [-0.15, -0.1) is 0 Å². The van der Waals surface area contributed by atoms with Gasteiger partial charge in [-0.3, -0.25) is 4.79 Å². The largest absolute Gasteiger partial charge is 0.484 e. The fourth-order valence-electron chi connectivity index (χ4n) is 1.65. The minimum Gasteiger partial charge on any atom is -0.484 e. The third-order valence-electron chi connectivity index (χ3n) is 2.63. The van der Waals surface area contributed by atoms with Crippen LogP contribution in [0.1, 0.15) is 17.3 Å². The van der Waals surface area contributed by atoms with E-state index in [0.29, 0.717) is 29.0 Å². The van der Waals surface area contributed by atoms with Gasteiger partial charge in [0.2, 0.25) is 0 Å². The number of nitrogens with zero attached hydrogens (tertiary/aromatic N) is 1. The second-order valence-corrected chi connectivity index (χ2v) is 4.70. The Morgan fingerprint density at radius 3 is 2.65 bits per heavy atom. The first kappa shape index (κ1) is 14.4. The van der Waals surface area contributed by atoms with E-state index in [9.17, 15) is 4.79 Å². The summed E-state index contributed by atoms with van der Waals surface area (Å²) < 4.78 is 10.7. The van der Waals surface area contributed by atoms with Gasteiger partial charge in [0.25, 0.3) is 5.91 Å². The maximum atomic E-state index is 11.7. The van der Waals surface area contributed by atoms with Gasteiger partial charge in [-0.05, 0) is 31.2 Å². The Kier molecular flexibility index (Phi) is 4.63. The molecule has 0 unspecified atom stereocenters. The molecule has 0 aliphatic carbocycles. The third-order valence-corrected chi connectivity index (χ3v) is 2.88. The molecule has 0 saturated carbocycles. The van der Waals surface area contributed by atoms with Gasteiger partial charge < -0.3 is 14.5 Å². The number of nitrogens with one attached hydrogen (secondary N) is 1. The van der Waals surface area contributed by atoms with Crippen molar-refractivity contribution in [2.24, 2.45) is 0 Å². The summed E-state index contributed by atoms with van der Waals surface area (Å²) in [6, 6.07) is 6.82. The first-order chi connectivity index (χ1) is 9.54. The number of carbonyl (C=O) groups excluding carboxylic acids is 1. The molecule has 0 bridgehead atoms. The molecule has 0 saturated heterocycles. The lowest BCUT2D eigenvalue weighted by Gasteiger charge is -2.06. The molecule has 0 atom stereocenters. The van der Waals surface area contributed by atoms with E-state index in [0.717, 1.165) is 5.69 Å². The summed E-state index contributed by atoms with van der Waals surface area (Å²) >= 11 is 5.76. The average Bonchev–Trinajstić information content (AvgIpc) is 2.74. The highest BCUT2D eigenvalue weighted by Gasteiger charge is 2.09. The van der Waals surface area contributed by atoms with Crippen LogP contribution in [0.3, 0.4) is 0 Å². The maximum absolute atomic E-state index is 11.7. The van der Waals surface area contributed by atoms with Crippen LogP contribution in [0.2, 0.25) is 5.02 Å². The summed E-state index contributed by atoms with van der Waals surface area (Å²) in [5.74, 6) is 1.61. The topological polar surface area (TPSA) is 64.4 Å². The van der Waals surface area contributed by atoms with Crippen LogP contribution in [0, 0.1) is 13.8 Å². The van der Waals surface area contributed by atoms with Crippen molar-refractivity contribution in [3.05, 3.63) is 46.6 Å². The van der Waals surface area contributed by atoms with Crippen molar-refractivity contribution in [1.82, 2.24) is 10.3 Å². The molecule has 1 heterocycles. The standard InChI is InChI=1S/C14H15ClN2O3/c1-9-13(20-10(2)17-9)7-16-14(18)8-19-12-5-3-11(15)4-6-12/h3-6H,7-8H2,1-2H3,(H,16,18). The fraction of sp³-hybridized carbons (Fsp3) is 0.286. The van der Waals surface area contributed by atoms with E-state index in [2.05, 4.69) is 10.3 Å². The number of hydrogen-bond donors (Lipinski definition) is 1. The molecule has 1 N–H and O–H groups in total. The summed E-state index contributed by atoms with van der Waals surface area (Å²) in [5.41, 5.74) is 0.779. The van der Waals surface area contributed by atoms with Gasteiger partial charge in [0, 0.05) is 11.9 Å². The van der Waals surface area contributed by atoms with Crippen LogP contribution >= 0.6 is 11.6 Å². The molecule has 20 heavy (non-hydrogen) atoms. The minimum atomic E-state index is -0.228. The van der Waals surface area contributed by atoms with E-state index in [4.69, 9.17) is 20.8 Å². The van der Waals surface area contributed by atoms with Crippen LogP contribution < -0.4 is 10.1 Å².